The highest BCUT2D eigenvalue weighted by atomic mass is 16.5. The van der Waals surface area contributed by atoms with Gasteiger partial charge >= 0.3 is 5.97 Å². The van der Waals surface area contributed by atoms with Crippen LogP contribution >= 0.6 is 0 Å². The lowest BCUT2D eigenvalue weighted by Gasteiger charge is -2.10. The summed E-state index contributed by atoms with van der Waals surface area (Å²) < 4.78 is 10.5. The average molecular weight is 355 g/mol. The van der Waals surface area contributed by atoms with Crippen molar-refractivity contribution in [1.29, 1.82) is 0 Å². The number of carbonyl (C=O) groups is 3. The molecule has 1 N–H and O–H groups in total. The van der Waals surface area contributed by atoms with Crippen LogP contribution in [0.3, 0.4) is 0 Å². The molecular weight excluding hydrogens is 334 g/mol. The van der Waals surface area contributed by atoms with Gasteiger partial charge in [0.2, 0.25) is 0 Å². The first-order chi connectivity index (χ1) is 12.5. The fraction of sp³-hybridized carbons (Fsp3) is 0.250. The molecule has 0 aromatic heterocycles. The Morgan fingerprint density at radius 3 is 2.35 bits per heavy atom. The monoisotopic (exact) mass is 355 g/mol. The van der Waals surface area contributed by atoms with Crippen LogP contribution in [-0.4, -0.2) is 30.9 Å². The summed E-state index contributed by atoms with van der Waals surface area (Å²) in [6.45, 7) is 3.50. The third-order valence-electron chi connectivity index (χ3n) is 3.47. The SMILES string of the molecule is CCCOC(=O)c1ccc(NC(=O)COc2ccccc2C(C)=O)cc1. The molecule has 2 rings (SSSR count). The van der Waals surface area contributed by atoms with Gasteiger partial charge in [-0.05, 0) is 49.7 Å². The Kier molecular flexibility index (Phi) is 6.91. The van der Waals surface area contributed by atoms with Gasteiger partial charge in [0.15, 0.2) is 12.4 Å². The highest BCUT2D eigenvalue weighted by molar-refractivity contribution is 5.97. The first kappa shape index (κ1) is 19.2. The highest BCUT2D eigenvalue weighted by Crippen LogP contribution is 2.18. The molecule has 26 heavy (non-hydrogen) atoms. The number of esters is 1. The Bertz CT molecular complexity index is 783. The normalized spacial score (nSPS) is 10.1. The maximum absolute atomic E-state index is 12.0. The minimum absolute atomic E-state index is 0.133. The third kappa shape index (κ3) is 5.44. The molecule has 0 unspecified atom stereocenters. The van der Waals surface area contributed by atoms with Crippen LogP contribution in [0.5, 0.6) is 5.75 Å². The maximum atomic E-state index is 12.0. The summed E-state index contributed by atoms with van der Waals surface area (Å²) in [6, 6.07) is 13.1. The van der Waals surface area contributed by atoms with Gasteiger partial charge in [0.25, 0.3) is 5.91 Å². The molecule has 136 valence electrons. The molecule has 6 nitrogen and oxygen atoms in total. The quantitative estimate of drug-likeness (QED) is 0.579. The first-order valence-corrected chi connectivity index (χ1v) is 8.31. The number of Topliss-reactive ketones (excluding diaryl/α,β-unsaturated/α-hetero) is 1. The molecule has 0 radical (unpaired) electrons. The van der Waals surface area contributed by atoms with Crippen LogP contribution in [0, 0.1) is 0 Å². The van der Waals surface area contributed by atoms with Crippen LogP contribution in [0.1, 0.15) is 41.0 Å². The van der Waals surface area contributed by atoms with Crippen LogP contribution in [0.15, 0.2) is 48.5 Å². The fourth-order valence-electron chi connectivity index (χ4n) is 2.19. The number of para-hydroxylation sites is 1. The van der Waals surface area contributed by atoms with E-state index in [9.17, 15) is 14.4 Å². The van der Waals surface area contributed by atoms with E-state index in [0.717, 1.165) is 6.42 Å². The van der Waals surface area contributed by atoms with Crippen LogP contribution in [-0.2, 0) is 9.53 Å². The first-order valence-electron chi connectivity index (χ1n) is 8.31. The van der Waals surface area contributed by atoms with Crippen molar-refractivity contribution in [1.82, 2.24) is 0 Å². The van der Waals surface area contributed by atoms with E-state index in [1.165, 1.54) is 6.92 Å². The lowest BCUT2D eigenvalue weighted by molar-refractivity contribution is -0.118. The minimum atomic E-state index is -0.395. The summed E-state index contributed by atoms with van der Waals surface area (Å²) in [4.78, 5) is 35.3. The summed E-state index contributed by atoms with van der Waals surface area (Å²) >= 11 is 0. The summed E-state index contributed by atoms with van der Waals surface area (Å²) in [5, 5.41) is 2.67. The van der Waals surface area contributed by atoms with Gasteiger partial charge in [-0.25, -0.2) is 4.79 Å². The second-order valence-corrected chi connectivity index (χ2v) is 5.60. The summed E-state index contributed by atoms with van der Waals surface area (Å²) in [7, 11) is 0. The van der Waals surface area contributed by atoms with Crippen molar-refractivity contribution in [2.75, 3.05) is 18.5 Å². The van der Waals surface area contributed by atoms with Crippen molar-refractivity contribution in [3.8, 4) is 5.75 Å². The number of benzene rings is 2. The zero-order chi connectivity index (χ0) is 18.9. The lowest BCUT2D eigenvalue weighted by atomic mass is 10.1. The number of hydrogen-bond donors (Lipinski definition) is 1. The smallest absolute Gasteiger partial charge is 0.338 e. The van der Waals surface area contributed by atoms with E-state index in [2.05, 4.69) is 5.32 Å². The zero-order valence-electron chi connectivity index (χ0n) is 14.8. The van der Waals surface area contributed by atoms with Gasteiger partial charge in [-0.2, -0.15) is 0 Å². The molecule has 0 aliphatic rings. The van der Waals surface area contributed by atoms with E-state index in [0.29, 0.717) is 29.2 Å². The predicted molar refractivity (Wildman–Crippen MR) is 97.6 cm³/mol. The number of ketones is 1. The second kappa shape index (κ2) is 9.36. The van der Waals surface area contributed by atoms with Crippen molar-refractivity contribution >= 4 is 23.3 Å². The zero-order valence-corrected chi connectivity index (χ0v) is 14.8. The van der Waals surface area contributed by atoms with E-state index < -0.39 is 5.97 Å². The highest BCUT2D eigenvalue weighted by Gasteiger charge is 2.11. The van der Waals surface area contributed by atoms with Crippen molar-refractivity contribution in [3.63, 3.8) is 0 Å². The molecule has 6 heteroatoms. The number of ether oxygens (including phenoxy) is 2. The van der Waals surface area contributed by atoms with Crippen molar-refractivity contribution in [2.45, 2.75) is 20.3 Å². The molecular formula is C20H21NO5. The minimum Gasteiger partial charge on any atom is -0.483 e. The van der Waals surface area contributed by atoms with Crippen molar-refractivity contribution in [2.24, 2.45) is 0 Å². The molecule has 2 aromatic rings. The van der Waals surface area contributed by atoms with Crippen LogP contribution in [0.2, 0.25) is 0 Å². The van der Waals surface area contributed by atoms with Gasteiger partial charge in [0.1, 0.15) is 5.75 Å². The summed E-state index contributed by atoms with van der Waals surface area (Å²) in [6.07, 6.45) is 0.757. The van der Waals surface area contributed by atoms with Gasteiger partial charge in [0.05, 0.1) is 17.7 Å². The molecule has 0 heterocycles. The number of hydrogen-bond acceptors (Lipinski definition) is 5. The van der Waals surface area contributed by atoms with E-state index in [1.54, 1.807) is 48.5 Å². The van der Waals surface area contributed by atoms with E-state index in [4.69, 9.17) is 9.47 Å². The van der Waals surface area contributed by atoms with Gasteiger partial charge in [-0.1, -0.05) is 19.1 Å². The number of anilines is 1. The molecule has 1 amide bonds. The number of amides is 1. The maximum Gasteiger partial charge on any atom is 0.338 e. The largest absolute Gasteiger partial charge is 0.483 e. The van der Waals surface area contributed by atoms with E-state index in [-0.39, 0.29) is 18.3 Å². The molecule has 0 fully saturated rings. The molecule has 0 aliphatic heterocycles. The molecule has 0 saturated carbocycles. The topological polar surface area (TPSA) is 81.7 Å². The lowest BCUT2D eigenvalue weighted by Crippen LogP contribution is -2.20. The fourth-order valence-corrected chi connectivity index (χ4v) is 2.19. The predicted octanol–water partition coefficient (Wildman–Crippen LogP) is 3.47. The third-order valence-corrected chi connectivity index (χ3v) is 3.47. The number of carbonyl (C=O) groups excluding carboxylic acids is 3. The van der Waals surface area contributed by atoms with Crippen LogP contribution in [0.25, 0.3) is 0 Å². The van der Waals surface area contributed by atoms with Crippen molar-refractivity contribution < 1.29 is 23.9 Å². The Morgan fingerprint density at radius 1 is 1.00 bits per heavy atom. The second-order valence-electron chi connectivity index (χ2n) is 5.60. The molecule has 0 atom stereocenters. The number of rotatable bonds is 8. The van der Waals surface area contributed by atoms with Crippen molar-refractivity contribution in [3.05, 3.63) is 59.7 Å². The van der Waals surface area contributed by atoms with E-state index in [1.807, 2.05) is 6.92 Å². The molecule has 0 spiro atoms. The average Bonchev–Trinajstić information content (AvgIpc) is 2.65. The molecule has 0 aliphatic carbocycles. The molecule has 0 bridgehead atoms. The van der Waals surface area contributed by atoms with Crippen LogP contribution < -0.4 is 10.1 Å². The summed E-state index contributed by atoms with van der Waals surface area (Å²) in [5.41, 5.74) is 1.38. The molecule has 0 saturated heterocycles. The van der Waals surface area contributed by atoms with Gasteiger partial charge in [0, 0.05) is 5.69 Å². The van der Waals surface area contributed by atoms with Gasteiger partial charge in [-0.3, -0.25) is 9.59 Å². The standard InChI is InChI=1S/C20H21NO5/c1-3-12-25-20(24)15-8-10-16(11-9-15)21-19(23)13-26-18-7-5-4-6-17(18)14(2)22/h4-11H,3,12-13H2,1-2H3,(H,21,23). The Labute approximate surface area is 152 Å². The Balaban J connectivity index is 1.90. The Morgan fingerprint density at radius 2 is 1.69 bits per heavy atom. The van der Waals surface area contributed by atoms with Crippen LogP contribution in [0.4, 0.5) is 5.69 Å². The molecule has 2 aromatic carbocycles. The summed E-state index contributed by atoms with van der Waals surface area (Å²) in [5.74, 6) is -0.533. The Hall–Kier alpha value is -3.15. The van der Waals surface area contributed by atoms with Gasteiger partial charge in [-0.15, -0.1) is 0 Å². The number of nitrogens with one attached hydrogen (secondary N) is 1. The van der Waals surface area contributed by atoms with E-state index >= 15 is 0 Å². The van der Waals surface area contributed by atoms with Gasteiger partial charge < -0.3 is 14.8 Å².